The molecule has 1 N–H and O–H groups in total. The molecule has 7 nitrogen and oxygen atoms in total. The average molecular weight is 420 g/mol. The first-order valence-electron chi connectivity index (χ1n) is 9.06. The molecule has 152 valence electrons. The van der Waals surface area contributed by atoms with E-state index in [4.69, 9.17) is 0 Å². The first-order chi connectivity index (χ1) is 13.8. The lowest BCUT2D eigenvalue weighted by atomic mass is 10.3. The summed E-state index contributed by atoms with van der Waals surface area (Å²) in [6, 6.07) is 11.2. The molecule has 0 spiro atoms. The Kier molecular flexibility index (Phi) is 5.05. The molecular weight excluding hydrogens is 402 g/mol. The van der Waals surface area contributed by atoms with Crippen LogP contribution in [0.1, 0.15) is 24.6 Å². The Morgan fingerprint density at radius 2 is 1.72 bits per heavy atom. The number of nitrogens with zero attached hydrogens (tertiary/aromatic N) is 3. The number of hydrogen-bond acceptors (Lipinski definition) is 4. The monoisotopic (exact) mass is 420 g/mol. The summed E-state index contributed by atoms with van der Waals surface area (Å²) in [5.41, 5.74) is 0.329. The molecule has 4 rings (SSSR count). The summed E-state index contributed by atoms with van der Waals surface area (Å²) in [6.45, 7) is -0.175. The Hall–Kier alpha value is -2.85. The highest BCUT2D eigenvalue weighted by Gasteiger charge is 2.31. The van der Waals surface area contributed by atoms with Gasteiger partial charge in [-0.05, 0) is 37.1 Å². The van der Waals surface area contributed by atoms with Crippen molar-refractivity contribution in [2.24, 2.45) is 0 Å². The fraction of sp³-hybridized carbons (Fsp3) is 0.263. The van der Waals surface area contributed by atoms with Gasteiger partial charge in [0.1, 0.15) is 17.5 Å². The van der Waals surface area contributed by atoms with Crippen molar-refractivity contribution in [1.82, 2.24) is 19.1 Å². The molecular formula is C19H18F2N4O3S. The molecule has 1 saturated carbocycles. The Bertz CT molecular complexity index is 1180. The zero-order chi connectivity index (χ0) is 20.6. The highest BCUT2D eigenvalue weighted by Crippen LogP contribution is 2.39. The quantitative estimate of drug-likeness (QED) is 0.635. The van der Waals surface area contributed by atoms with E-state index in [0.717, 1.165) is 25.0 Å². The van der Waals surface area contributed by atoms with Gasteiger partial charge in [0.15, 0.2) is 0 Å². The van der Waals surface area contributed by atoms with Crippen LogP contribution in [0.25, 0.3) is 5.69 Å². The molecule has 1 fully saturated rings. The van der Waals surface area contributed by atoms with E-state index >= 15 is 0 Å². The summed E-state index contributed by atoms with van der Waals surface area (Å²) in [5, 5.41) is 4.38. The van der Waals surface area contributed by atoms with Crippen molar-refractivity contribution in [2.45, 2.75) is 30.2 Å². The molecule has 2 aromatic carbocycles. The lowest BCUT2D eigenvalue weighted by Crippen LogP contribution is -2.32. The van der Waals surface area contributed by atoms with Gasteiger partial charge in [-0.2, -0.15) is 5.10 Å². The molecule has 0 radical (unpaired) electrons. The normalized spacial score (nSPS) is 14.3. The van der Waals surface area contributed by atoms with Crippen LogP contribution in [0.3, 0.4) is 0 Å². The Balaban J connectivity index is 1.54. The second-order valence-electron chi connectivity index (χ2n) is 6.81. The van der Waals surface area contributed by atoms with Gasteiger partial charge in [-0.25, -0.2) is 36.0 Å². The maximum absolute atomic E-state index is 13.3. The second-order valence-corrected chi connectivity index (χ2v) is 8.58. The minimum Gasteiger partial charge on any atom is -0.247 e. The van der Waals surface area contributed by atoms with Crippen molar-refractivity contribution in [3.05, 3.63) is 76.5 Å². The molecule has 0 unspecified atom stereocenters. The summed E-state index contributed by atoms with van der Waals surface area (Å²) in [7, 11) is -4.13. The maximum Gasteiger partial charge on any atom is 0.350 e. The summed E-state index contributed by atoms with van der Waals surface area (Å²) in [4.78, 5) is 12.3. The molecule has 3 aromatic rings. The van der Waals surface area contributed by atoms with Gasteiger partial charge in [0.25, 0.3) is 0 Å². The van der Waals surface area contributed by atoms with Gasteiger partial charge in [0, 0.05) is 18.5 Å². The highest BCUT2D eigenvalue weighted by molar-refractivity contribution is 7.89. The van der Waals surface area contributed by atoms with Crippen LogP contribution in [0.5, 0.6) is 0 Å². The number of nitrogens with one attached hydrogen (secondary N) is 1. The molecule has 29 heavy (non-hydrogen) atoms. The average Bonchev–Trinajstić information content (AvgIpc) is 3.46. The number of para-hydroxylation sites is 1. The van der Waals surface area contributed by atoms with Gasteiger partial charge in [0.2, 0.25) is 10.0 Å². The van der Waals surface area contributed by atoms with Crippen molar-refractivity contribution >= 4 is 10.0 Å². The van der Waals surface area contributed by atoms with Gasteiger partial charge < -0.3 is 0 Å². The Labute approximate surface area is 165 Å². The summed E-state index contributed by atoms with van der Waals surface area (Å²) >= 11 is 0. The van der Waals surface area contributed by atoms with Crippen LogP contribution in [-0.4, -0.2) is 29.3 Å². The Morgan fingerprint density at radius 3 is 2.34 bits per heavy atom. The summed E-state index contributed by atoms with van der Waals surface area (Å²) in [5.74, 6) is -1.12. The molecule has 1 aliphatic rings. The van der Waals surface area contributed by atoms with Crippen molar-refractivity contribution in [3.8, 4) is 5.69 Å². The highest BCUT2D eigenvalue weighted by atomic mass is 32.2. The third-order valence-electron chi connectivity index (χ3n) is 4.58. The van der Waals surface area contributed by atoms with Crippen molar-refractivity contribution < 1.29 is 17.2 Å². The topological polar surface area (TPSA) is 86.0 Å². The minimum absolute atomic E-state index is 0.0184. The fourth-order valence-electron chi connectivity index (χ4n) is 3.05. The van der Waals surface area contributed by atoms with Crippen molar-refractivity contribution in [1.29, 1.82) is 0 Å². The fourth-order valence-corrected chi connectivity index (χ4v) is 4.11. The third-order valence-corrected chi connectivity index (χ3v) is 6.02. The number of halogens is 2. The molecule has 0 bridgehead atoms. The van der Waals surface area contributed by atoms with Crippen LogP contribution in [0.15, 0.2) is 58.2 Å². The van der Waals surface area contributed by atoms with Crippen molar-refractivity contribution in [2.75, 3.05) is 6.54 Å². The Morgan fingerprint density at radius 1 is 1.07 bits per heavy atom. The van der Waals surface area contributed by atoms with E-state index in [0.29, 0.717) is 17.6 Å². The van der Waals surface area contributed by atoms with Gasteiger partial charge in [-0.15, -0.1) is 0 Å². The van der Waals surface area contributed by atoms with Gasteiger partial charge >= 0.3 is 5.69 Å². The van der Waals surface area contributed by atoms with Crippen molar-refractivity contribution in [3.63, 3.8) is 0 Å². The first-order valence-corrected chi connectivity index (χ1v) is 10.5. The van der Waals surface area contributed by atoms with E-state index < -0.39 is 26.6 Å². The number of benzene rings is 2. The summed E-state index contributed by atoms with van der Waals surface area (Å²) < 4.78 is 56.1. The molecule has 0 atom stereocenters. The molecule has 10 heteroatoms. The number of rotatable bonds is 7. The second kappa shape index (κ2) is 7.53. The van der Waals surface area contributed by atoms with E-state index in [1.165, 1.54) is 9.25 Å². The van der Waals surface area contributed by atoms with Crippen LogP contribution in [0.4, 0.5) is 8.78 Å². The number of hydrogen-bond donors (Lipinski definition) is 1. The van der Waals surface area contributed by atoms with Crippen LogP contribution in [0, 0.1) is 11.6 Å². The van der Waals surface area contributed by atoms with Crippen LogP contribution < -0.4 is 10.4 Å². The molecule has 1 aromatic heterocycles. The third kappa shape index (κ3) is 4.13. The number of aromatic nitrogens is 3. The van der Waals surface area contributed by atoms with Gasteiger partial charge in [0.05, 0.1) is 17.1 Å². The van der Waals surface area contributed by atoms with Gasteiger partial charge in [-0.1, -0.05) is 18.2 Å². The minimum atomic E-state index is -4.13. The van der Waals surface area contributed by atoms with E-state index in [1.54, 1.807) is 12.1 Å². The van der Waals surface area contributed by atoms with E-state index in [1.807, 2.05) is 18.2 Å². The zero-order valence-electron chi connectivity index (χ0n) is 15.3. The predicted molar refractivity (Wildman–Crippen MR) is 101 cm³/mol. The standard InChI is InChI=1S/C19H18F2N4O3S/c20-14-10-15(21)12-17(11-14)29(27,28)22-8-9-24-19(26)25(16-4-2-1-3-5-16)18(23-24)13-6-7-13/h1-5,10-13,22H,6-9H2. The van der Waals surface area contributed by atoms with E-state index in [-0.39, 0.29) is 24.7 Å². The number of sulfonamides is 1. The SMILES string of the molecule is O=c1n(CCNS(=O)(=O)c2cc(F)cc(F)c2)nc(C2CC2)n1-c1ccccc1. The lowest BCUT2D eigenvalue weighted by molar-refractivity contribution is 0.544. The molecule has 0 aliphatic heterocycles. The van der Waals surface area contributed by atoms with E-state index in [9.17, 15) is 22.0 Å². The molecule has 1 heterocycles. The molecule has 1 aliphatic carbocycles. The lowest BCUT2D eigenvalue weighted by Gasteiger charge is -2.07. The zero-order valence-corrected chi connectivity index (χ0v) is 16.1. The summed E-state index contributed by atoms with van der Waals surface area (Å²) in [6.07, 6.45) is 1.89. The van der Waals surface area contributed by atoms with Crippen LogP contribution >= 0.6 is 0 Å². The van der Waals surface area contributed by atoms with Crippen LogP contribution in [-0.2, 0) is 16.6 Å². The smallest absolute Gasteiger partial charge is 0.247 e. The predicted octanol–water partition coefficient (Wildman–Crippen LogP) is 2.17. The maximum atomic E-state index is 13.3. The van der Waals surface area contributed by atoms with Gasteiger partial charge in [-0.3, -0.25) is 0 Å². The first kappa shape index (κ1) is 19.5. The largest absolute Gasteiger partial charge is 0.350 e. The molecule has 0 saturated heterocycles. The van der Waals surface area contributed by atoms with E-state index in [2.05, 4.69) is 9.82 Å². The molecule has 0 amide bonds. The van der Waals surface area contributed by atoms with Crippen LogP contribution in [0.2, 0.25) is 0 Å².